The molecule has 0 aromatic rings. The third-order valence-electron chi connectivity index (χ3n) is 6.38. The first-order chi connectivity index (χ1) is 15.2. The molecule has 3 amide bonds. The van der Waals surface area contributed by atoms with E-state index in [0.29, 0.717) is 37.8 Å². The topological polar surface area (TPSA) is 143 Å². The monoisotopic (exact) mass is 454 g/mol. The Morgan fingerprint density at radius 3 is 2.59 bits per heavy atom. The molecular formula is C23H42N4O5. The molecule has 2 heterocycles. The Morgan fingerprint density at radius 2 is 1.94 bits per heavy atom. The molecule has 1 aliphatic carbocycles. The van der Waals surface area contributed by atoms with Gasteiger partial charge in [0.15, 0.2) is 0 Å². The molecule has 9 nitrogen and oxygen atoms in total. The van der Waals surface area contributed by atoms with E-state index >= 15 is 0 Å². The summed E-state index contributed by atoms with van der Waals surface area (Å²) in [6, 6.07) is -1.53. The summed E-state index contributed by atoms with van der Waals surface area (Å²) in [5.41, 5.74) is 5.31. The third-order valence-corrected chi connectivity index (χ3v) is 6.38. The number of hydrogen-bond acceptors (Lipinski definition) is 6. The molecule has 2 saturated heterocycles. The maximum absolute atomic E-state index is 13.0. The van der Waals surface area contributed by atoms with Gasteiger partial charge >= 0.3 is 0 Å². The Hall–Kier alpha value is -1.71. The second kappa shape index (κ2) is 13.7. The molecule has 2 bridgehead atoms. The van der Waals surface area contributed by atoms with E-state index in [2.05, 4.69) is 29.8 Å². The molecule has 3 atom stereocenters. The zero-order valence-corrected chi connectivity index (χ0v) is 19.6. The van der Waals surface area contributed by atoms with Gasteiger partial charge in [-0.05, 0) is 63.3 Å². The summed E-state index contributed by atoms with van der Waals surface area (Å²) in [7, 11) is 0. The van der Waals surface area contributed by atoms with Crippen LogP contribution in [-0.4, -0.2) is 66.8 Å². The quantitative estimate of drug-likeness (QED) is 0.340. The van der Waals surface area contributed by atoms with E-state index in [-0.39, 0.29) is 24.9 Å². The van der Waals surface area contributed by atoms with Gasteiger partial charge in [-0.3, -0.25) is 14.4 Å². The van der Waals surface area contributed by atoms with E-state index in [1.54, 1.807) is 0 Å². The fraction of sp³-hybridized carbons (Fsp3) is 0.870. The Labute approximate surface area is 191 Å². The number of hydrogen-bond donors (Lipinski definition) is 5. The first-order valence-corrected chi connectivity index (χ1v) is 12.1. The van der Waals surface area contributed by atoms with Gasteiger partial charge in [-0.25, -0.2) is 0 Å². The van der Waals surface area contributed by atoms with Crippen LogP contribution >= 0.6 is 0 Å². The van der Waals surface area contributed by atoms with Crippen LogP contribution in [0.3, 0.4) is 0 Å². The largest absolute Gasteiger partial charge is 0.390 e. The van der Waals surface area contributed by atoms with Crippen molar-refractivity contribution >= 4 is 17.7 Å². The summed E-state index contributed by atoms with van der Waals surface area (Å²) in [4.78, 5) is 36.8. The van der Waals surface area contributed by atoms with E-state index < -0.39 is 30.0 Å². The number of nitrogens with one attached hydrogen (secondary N) is 3. The number of ether oxygens (including phenoxy) is 1. The van der Waals surface area contributed by atoms with Crippen LogP contribution in [0.5, 0.6) is 0 Å². The molecule has 184 valence electrons. The van der Waals surface area contributed by atoms with Crippen molar-refractivity contribution in [3.8, 4) is 0 Å². The first-order valence-electron chi connectivity index (χ1n) is 12.1. The average molecular weight is 455 g/mol. The number of amides is 3. The molecule has 32 heavy (non-hydrogen) atoms. The average Bonchev–Trinajstić information content (AvgIpc) is 2.73. The van der Waals surface area contributed by atoms with Crippen molar-refractivity contribution in [1.82, 2.24) is 16.0 Å². The van der Waals surface area contributed by atoms with Crippen molar-refractivity contribution in [2.24, 2.45) is 17.6 Å². The minimum absolute atomic E-state index is 0.206. The minimum atomic E-state index is -1.05. The van der Waals surface area contributed by atoms with Crippen molar-refractivity contribution < 1.29 is 24.2 Å². The van der Waals surface area contributed by atoms with Crippen molar-refractivity contribution in [3.05, 3.63) is 0 Å². The lowest BCUT2D eigenvalue weighted by atomic mass is 9.82. The summed E-state index contributed by atoms with van der Waals surface area (Å²) in [5.74, 6) is -0.532. The zero-order valence-electron chi connectivity index (χ0n) is 19.6. The normalized spacial score (nSPS) is 29.0. The van der Waals surface area contributed by atoms with Crippen molar-refractivity contribution in [1.29, 1.82) is 0 Å². The molecule has 2 aliphatic heterocycles. The van der Waals surface area contributed by atoms with E-state index in [1.165, 1.54) is 0 Å². The maximum Gasteiger partial charge on any atom is 0.243 e. The van der Waals surface area contributed by atoms with Crippen molar-refractivity contribution in [2.45, 2.75) is 95.9 Å². The lowest BCUT2D eigenvalue weighted by Gasteiger charge is -2.33. The van der Waals surface area contributed by atoms with Gasteiger partial charge in [0.05, 0.1) is 24.7 Å². The van der Waals surface area contributed by atoms with E-state index in [0.717, 1.165) is 38.6 Å². The molecule has 9 heteroatoms. The Balaban J connectivity index is 2.10. The molecular weight excluding hydrogens is 412 g/mol. The number of rotatable bonds is 8. The van der Waals surface area contributed by atoms with Crippen LogP contribution in [0.15, 0.2) is 0 Å². The van der Waals surface area contributed by atoms with Crippen LogP contribution in [0.4, 0.5) is 0 Å². The summed E-state index contributed by atoms with van der Waals surface area (Å²) in [5, 5.41) is 19.7. The standard InChI is InChI=1S/C23H42N4O5/c1-15(2)9-10-25-14-20(28)18-12-16-5-7-17(8-6-16)32-11-3-4-22(30)26-19(13-21(24)29)23(31)27-18/h15-20,25,28H,3-14H2,1-2H3,(H2,24,29)(H,26,30)(H,27,31)/t16?,17?,18-,19-,20-/m0/s1. The molecule has 1 saturated carbocycles. The van der Waals surface area contributed by atoms with Gasteiger partial charge in [-0.15, -0.1) is 0 Å². The van der Waals surface area contributed by atoms with Gasteiger partial charge in [0.1, 0.15) is 6.04 Å². The molecule has 0 radical (unpaired) electrons. The van der Waals surface area contributed by atoms with Crippen molar-refractivity contribution in [3.63, 3.8) is 0 Å². The predicted octanol–water partition coefficient (Wildman–Crippen LogP) is 0.587. The van der Waals surface area contributed by atoms with Crippen LogP contribution in [0.1, 0.15) is 71.6 Å². The number of fused-ring (bicyclic) bond motifs is 12. The summed E-state index contributed by atoms with van der Waals surface area (Å²) >= 11 is 0. The van der Waals surface area contributed by atoms with Gasteiger partial charge in [-0.2, -0.15) is 0 Å². The maximum atomic E-state index is 13.0. The molecule has 0 unspecified atom stereocenters. The Morgan fingerprint density at radius 1 is 1.22 bits per heavy atom. The summed E-state index contributed by atoms with van der Waals surface area (Å²) < 4.78 is 5.93. The predicted molar refractivity (Wildman–Crippen MR) is 122 cm³/mol. The zero-order chi connectivity index (χ0) is 23.5. The smallest absolute Gasteiger partial charge is 0.243 e. The van der Waals surface area contributed by atoms with Crippen LogP contribution < -0.4 is 21.7 Å². The van der Waals surface area contributed by atoms with Crippen LogP contribution in [0.25, 0.3) is 0 Å². The molecule has 0 aromatic heterocycles. The van der Waals surface area contributed by atoms with Crippen LogP contribution in [-0.2, 0) is 19.1 Å². The van der Waals surface area contributed by atoms with Crippen LogP contribution in [0, 0.1) is 11.8 Å². The summed E-state index contributed by atoms with van der Waals surface area (Å²) in [6.07, 6.45) is 5.41. The number of aliphatic hydroxyl groups excluding tert-OH is 1. The molecule has 0 spiro atoms. The van der Waals surface area contributed by atoms with Crippen molar-refractivity contribution in [2.75, 3.05) is 19.7 Å². The number of carbonyl (C=O) groups is 3. The first kappa shape index (κ1) is 26.5. The summed E-state index contributed by atoms with van der Waals surface area (Å²) in [6.45, 7) is 5.94. The van der Waals surface area contributed by atoms with E-state index in [9.17, 15) is 19.5 Å². The van der Waals surface area contributed by atoms with Gasteiger partial charge in [0.2, 0.25) is 17.7 Å². The lowest BCUT2D eigenvalue weighted by Crippen LogP contribution is -2.55. The number of nitrogens with two attached hydrogens (primary N) is 1. The van der Waals surface area contributed by atoms with E-state index in [1.807, 2.05) is 0 Å². The molecule has 3 aliphatic rings. The number of aliphatic hydroxyl groups is 1. The Kier molecular flexibility index (Phi) is 11.4. The second-order valence-corrected chi connectivity index (χ2v) is 9.71. The highest BCUT2D eigenvalue weighted by Gasteiger charge is 2.31. The molecule has 0 aromatic carbocycles. The molecule has 6 N–H and O–H groups in total. The van der Waals surface area contributed by atoms with Gasteiger partial charge in [0.25, 0.3) is 0 Å². The van der Waals surface area contributed by atoms with Crippen LogP contribution in [0.2, 0.25) is 0 Å². The third kappa shape index (κ3) is 9.83. The molecule has 3 rings (SSSR count). The number of primary amides is 1. The number of carbonyl (C=O) groups excluding carboxylic acids is 3. The van der Waals surface area contributed by atoms with E-state index in [4.69, 9.17) is 10.5 Å². The fourth-order valence-corrected chi connectivity index (χ4v) is 4.43. The highest BCUT2D eigenvalue weighted by Crippen LogP contribution is 2.30. The SMILES string of the molecule is CC(C)CCNC[C@H](O)[C@@H]1CC2CCC(CC2)OCCCC(=O)N[C@@H](CC(N)=O)C(=O)N1. The van der Waals surface area contributed by atoms with Gasteiger partial charge < -0.3 is 31.5 Å². The van der Waals surface area contributed by atoms with Gasteiger partial charge in [-0.1, -0.05) is 13.8 Å². The lowest BCUT2D eigenvalue weighted by molar-refractivity contribution is -0.132. The second-order valence-electron chi connectivity index (χ2n) is 9.71. The fourth-order valence-electron chi connectivity index (χ4n) is 4.43. The highest BCUT2D eigenvalue weighted by molar-refractivity contribution is 5.91. The highest BCUT2D eigenvalue weighted by atomic mass is 16.5. The Bertz CT molecular complexity index is 607. The molecule has 3 fully saturated rings. The minimum Gasteiger partial charge on any atom is -0.390 e. The van der Waals surface area contributed by atoms with Gasteiger partial charge in [0, 0.05) is 19.6 Å².